The molecule has 3 aromatic heterocycles. The van der Waals surface area contributed by atoms with Crippen LogP contribution in [0.3, 0.4) is 0 Å². The Kier molecular flexibility index (Phi) is 9.81. The quantitative estimate of drug-likeness (QED) is 0.175. The van der Waals surface area contributed by atoms with Gasteiger partial charge in [0.15, 0.2) is 5.82 Å². The highest BCUT2D eigenvalue weighted by Gasteiger charge is 2.12. The number of hydrogen-bond donors (Lipinski definition) is 0. The van der Waals surface area contributed by atoms with Crippen LogP contribution in [0.15, 0.2) is 224 Å². The van der Waals surface area contributed by atoms with Crippen molar-refractivity contribution in [3.63, 3.8) is 0 Å². The Hall–Kier alpha value is -7.53. The lowest BCUT2D eigenvalue weighted by Crippen LogP contribution is -1.95. The summed E-state index contributed by atoms with van der Waals surface area (Å²) in [7, 11) is 0. The molecule has 10 aromatic rings. The van der Waals surface area contributed by atoms with Crippen LogP contribution >= 0.6 is 11.3 Å². The molecule has 3 heterocycles. The van der Waals surface area contributed by atoms with E-state index >= 15 is 0 Å². The molecule has 0 aliphatic heterocycles. The Balaban J connectivity index is 1.16. The lowest BCUT2D eigenvalue weighted by atomic mass is 9.98. The minimum Gasteiger partial charge on any atom is -0.256 e. The first-order valence-corrected chi connectivity index (χ1v) is 20.6. The largest absolute Gasteiger partial charge is 0.256 e. The van der Waals surface area contributed by atoms with Gasteiger partial charge in [-0.25, -0.2) is 9.97 Å². The number of hydrogen-bond acceptors (Lipinski definition) is 4. The summed E-state index contributed by atoms with van der Waals surface area (Å²) in [6, 6.07) is 75.0. The number of aromatic nitrogens is 3. The van der Waals surface area contributed by atoms with Gasteiger partial charge < -0.3 is 0 Å². The van der Waals surface area contributed by atoms with E-state index in [2.05, 4.69) is 192 Å². The first kappa shape index (κ1) is 35.9. The van der Waals surface area contributed by atoms with Crippen molar-refractivity contribution in [3.05, 3.63) is 224 Å². The predicted molar refractivity (Wildman–Crippen MR) is 250 cm³/mol. The second kappa shape index (κ2) is 16.1. The second-order valence-electron chi connectivity index (χ2n) is 14.4. The lowest BCUT2D eigenvalue weighted by Gasteiger charge is -2.10. The van der Waals surface area contributed by atoms with Crippen LogP contribution in [-0.4, -0.2) is 15.0 Å². The Morgan fingerprint density at radius 1 is 0.339 bits per heavy atom. The van der Waals surface area contributed by atoms with Crippen molar-refractivity contribution in [1.29, 1.82) is 0 Å². The summed E-state index contributed by atoms with van der Waals surface area (Å²) in [5.41, 5.74) is 10.4. The molecule has 0 bridgehead atoms. The molecule has 0 unspecified atom stereocenters. The summed E-state index contributed by atoms with van der Waals surface area (Å²) in [6.45, 7) is 0. The third-order valence-corrected chi connectivity index (χ3v) is 11.6. The van der Waals surface area contributed by atoms with Gasteiger partial charge in [0.1, 0.15) is 0 Å². The Bertz CT molecular complexity index is 3200. The number of benzene rings is 7. The van der Waals surface area contributed by atoms with Crippen LogP contribution in [0.5, 0.6) is 0 Å². The monoisotopic (exact) mass is 771 g/mol. The molecule has 7 aromatic carbocycles. The molecule has 0 spiro atoms. The average molecular weight is 772 g/mol. The zero-order valence-electron chi connectivity index (χ0n) is 32.1. The molecule has 0 aliphatic rings. The van der Waals surface area contributed by atoms with E-state index in [1.165, 1.54) is 27.3 Å². The Morgan fingerprint density at radius 3 is 1.73 bits per heavy atom. The summed E-state index contributed by atoms with van der Waals surface area (Å²) < 4.78 is 1.16. The van der Waals surface area contributed by atoms with Gasteiger partial charge in [-0.1, -0.05) is 182 Å². The number of rotatable bonds is 5. The molecule has 0 saturated carbocycles. The van der Waals surface area contributed by atoms with Gasteiger partial charge in [0, 0.05) is 38.4 Å². The minimum atomic E-state index is 0.701. The molecule has 0 radical (unpaired) electrons. The highest BCUT2D eigenvalue weighted by molar-refractivity contribution is 7.16. The van der Waals surface area contributed by atoms with Gasteiger partial charge in [-0.05, 0) is 79.5 Å². The molecule has 0 aliphatic carbocycles. The van der Waals surface area contributed by atoms with E-state index in [4.69, 9.17) is 9.97 Å². The van der Waals surface area contributed by atoms with Crippen LogP contribution < -0.4 is 0 Å². The first-order chi connectivity index (χ1) is 29.2. The first-order valence-electron chi connectivity index (χ1n) is 19.7. The maximum Gasteiger partial charge on any atom is 0.160 e. The van der Waals surface area contributed by atoms with Crippen LogP contribution in [0.2, 0.25) is 0 Å². The maximum absolute atomic E-state index is 5.18. The number of fused-ring (bicyclic) bond motifs is 6. The molecule has 0 N–H and O–H groups in total. The molecule has 10 rings (SSSR count). The predicted octanol–water partition coefficient (Wildman–Crippen LogP) is 15.1. The van der Waals surface area contributed by atoms with Crippen molar-refractivity contribution >= 4 is 53.9 Å². The smallest absolute Gasteiger partial charge is 0.160 e. The standard InChI is InChI=1S/C55H37N3S/c1-3-15-42(16-4-1)52-37-53(58-55(57-52)43-17-5-2-6-18-43)44-32-33-54-50(36-44)48-22-10-9-21-47(48)45-20-8-7-14-40(45)29-26-38(19-13-35-59-54)39-27-30-41(31-28-39)46-23-11-25-51-49(46)24-12-34-56-51/h1-37H. The summed E-state index contributed by atoms with van der Waals surface area (Å²) in [4.78, 5) is 14.8. The summed E-state index contributed by atoms with van der Waals surface area (Å²) in [5, 5.41) is 9.14. The fourth-order valence-corrected chi connectivity index (χ4v) is 8.54. The van der Waals surface area contributed by atoms with Crippen molar-refractivity contribution in [2.75, 3.05) is 0 Å². The molecule has 0 fully saturated rings. The van der Waals surface area contributed by atoms with Crippen LogP contribution in [0, 0.1) is 0 Å². The molecule has 0 saturated heterocycles. The number of nitrogens with zero attached hydrogens (tertiary/aromatic N) is 3. The van der Waals surface area contributed by atoms with E-state index in [0.29, 0.717) is 5.82 Å². The van der Waals surface area contributed by atoms with Crippen molar-refractivity contribution in [1.82, 2.24) is 15.0 Å². The van der Waals surface area contributed by atoms with Crippen LogP contribution in [-0.2, 0) is 0 Å². The van der Waals surface area contributed by atoms with Gasteiger partial charge in [0.05, 0.1) is 16.9 Å². The van der Waals surface area contributed by atoms with E-state index < -0.39 is 0 Å². The molecule has 278 valence electrons. The van der Waals surface area contributed by atoms with Gasteiger partial charge in [0.2, 0.25) is 0 Å². The number of pyridine rings is 1. The molecule has 4 heteroatoms. The van der Waals surface area contributed by atoms with E-state index in [1.807, 2.05) is 36.5 Å². The summed E-state index contributed by atoms with van der Waals surface area (Å²) >= 11 is 1.73. The van der Waals surface area contributed by atoms with Gasteiger partial charge in [-0.15, -0.1) is 11.3 Å². The lowest BCUT2D eigenvalue weighted by molar-refractivity contribution is 1.18. The van der Waals surface area contributed by atoms with E-state index in [1.54, 1.807) is 11.3 Å². The second-order valence-corrected chi connectivity index (χ2v) is 15.3. The van der Waals surface area contributed by atoms with Crippen LogP contribution in [0.4, 0.5) is 0 Å². The van der Waals surface area contributed by atoms with Crippen molar-refractivity contribution in [2.45, 2.75) is 0 Å². The van der Waals surface area contributed by atoms with E-state index in [9.17, 15) is 0 Å². The van der Waals surface area contributed by atoms with Crippen molar-refractivity contribution < 1.29 is 0 Å². The Morgan fingerprint density at radius 2 is 0.932 bits per heavy atom. The van der Waals surface area contributed by atoms with Gasteiger partial charge in [-0.2, -0.15) is 0 Å². The third-order valence-electron chi connectivity index (χ3n) is 10.7. The fourth-order valence-electron chi connectivity index (χ4n) is 7.79. The van der Waals surface area contributed by atoms with Crippen molar-refractivity contribution in [3.8, 4) is 56.2 Å². The van der Waals surface area contributed by atoms with Crippen LogP contribution in [0.1, 0.15) is 0 Å². The zero-order chi connectivity index (χ0) is 39.4. The highest BCUT2D eigenvalue weighted by Crippen LogP contribution is 2.34. The molecule has 0 atom stereocenters. The normalized spacial score (nSPS) is 11.1. The minimum absolute atomic E-state index is 0.701. The highest BCUT2D eigenvalue weighted by atomic mass is 32.1. The van der Waals surface area contributed by atoms with Gasteiger partial charge in [0.25, 0.3) is 0 Å². The van der Waals surface area contributed by atoms with Crippen molar-refractivity contribution in [2.24, 2.45) is 0 Å². The maximum atomic E-state index is 5.18. The van der Waals surface area contributed by atoms with Crippen LogP contribution in [0.25, 0.3) is 98.7 Å². The SMILES string of the molecule is c1ccc(-c2cc(-c3ccc4scccc(-c5ccc(-c6cccc7ncccc67)cc5)ccc5ccccc5c5ccccc5c4c3)nc(-c3ccccc3)n2)cc1. The molecular weight excluding hydrogens is 735 g/mol. The topological polar surface area (TPSA) is 38.7 Å². The zero-order valence-corrected chi connectivity index (χ0v) is 32.9. The Labute approximate surface area is 347 Å². The third kappa shape index (κ3) is 7.41. The molecule has 59 heavy (non-hydrogen) atoms. The summed E-state index contributed by atoms with van der Waals surface area (Å²) in [5.74, 6) is 0.701. The molecule has 3 nitrogen and oxygen atoms in total. The fraction of sp³-hybridized carbons (Fsp3) is 0. The molecular formula is C55H37N3S. The van der Waals surface area contributed by atoms with E-state index in [0.717, 1.165) is 65.6 Å². The summed E-state index contributed by atoms with van der Waals surface area (Å²) in [6.07, 6.45) is 1.85. The van der Waals surface area contributed by atoms with Gasteiger partial charge >= 0.3 is 0 Å². The van der Waals surface area contributed by atoms with Gasteiger partial charge in [-0.3, -0.25) is 4.98 Å². The average Bonchev–Trinajstić information content (AvgIpc) is 3.32. The molecule has 0 amide bonds. The van der Waals surface area contributed by atoms with E-state index in [-0.39, 0.29) is 0 Å².